The van der Waals surface area contributed by atoms with E-state index < -0.39 is 5.97 Å². The Labute approximate surface area is 160 Å². The summed E-state index contributed by atoms with van der Waals surface area (Å²) in [7, 11) is 3.07. The number of fused-ring (bicyclic) bond motifs is 1. The highest BCUT2D eigenvalue weighted by Gasteiger charge is 2.21. The van der Waals surface area contributed by atoms with Crippen molar-refractivity contribution in [1.82, 2.24) is 15.2 Å². The number of nitrogens with one attached hydrogen (secondary N) is 1. The van der Waals surface area contributed by atoms with Crippen molar-refractivity contribution >= 4 is 17.0 Å². The number of hydrogen-bond acceptors (Lipinski definition) is 5. The highest BCUT2D eigenvalue weighted by Crippen LogP contribution is 2.39. The number of methoxy groups -OCH3 is 2. The number of H-pyrrole nitrogens is 1. The largest absolute Gasteiger partial charge is 0.493 e. The molecule has 0 aliphatic heterocycles. The fourth-order valence-corrected chi connectivity index (χ4v) is 3.23. The predicted octanol–water partition coefficient (Wildman–Crippen LogP) is 4.01. The molecular weight excluding hydrogens is 358 g/mol. The van der Waals surface area contributed by atoms with Crippen LogP contribution in [0, 0.1) is 0 Å². The Bertz CT molecular complexity index is 1170. The van der Waals surface area contributed by atoms with Crippen LogP contribution < -0.4 is 9.47 Å². The minimum absolute atomic E-state index is 0.109. The molecule has 7 heteroatoms. The van der Waals surface area contributed by atoms with Crippen molar-refractivity contribution < 1.29 is 19.4 Å². The van der Waals surface area contributed by atoms with Gasteiger partial charge < -0.3 is 14.6 Å². The zero-order chi connectivity index (χ0) is 19.7. The summed E-state index contributed by atoms with van der Waals surface area (Å²) in [6.07, 6.45) is 0. The van der Waals surface area contributed by atoms with E-state index in [9.17, 15) is 9.90 Å². The summed E-state index contributed by atoms with van der Waals surface area (Å²) in [5, 5.41) is 17.5. The number of aromatic amines is 1. The van der Waals surface area contributed by atoms with Gasteiger partial charge in [-0.25, -0.2) is 9.78 Å². The van der Waals surface area contributed by atoms with E-state index in [1.165, 1.54) is 13.2 Å². The number of hydrogen-bond donors (Lipinski definition) is 2. The molecule has 2 heterocycles. The zero-order valence-electron chi connectivity index (χ0n) is 15.3. The summed E-state index contributed by atoms with van der Waals surface area (Å²) >= 11 is 0. The molecule has 0 fully saturated rings. The number of carbonyl (C=O) groups is 1. The summed E-state index contributed by atoms with van der Waals surface area (Å²) in [5.41, 5.74) is 2.93. The first kappa shape index (κ1) is 17.5. The van der Waals surface area contributed by atoms with E-state index in [0.717, 1.165) is 5.56 Å². The molecule has 0 saturated heterocycles. The highest BCUT2D eigenvalue weighted by molar-refractivity contribution is 6.08. The topological polar surface area (TPSA) is 97.3 Å². The number of aromatic carboxylic acids is 1. The van der Waals surface area contributed by atoms with Crippen LogP contribution in [0.3, 0.4) is 0 Å². The number of ether oxygens (including phenoxy) is 2. The first-order valence-electron chi connectivity index (χ1n) is 8.53. The molecule has 0 bridgehead atoms. The summed E-state index contributed by atoms with van der Waals surface area (Å²) in [4.78, 5) is 16.6. The molecule has 0 amide bonds. The molecule has 0 spiro atoms. The Morgan fingerprint density at radius 2 is 1.82 bits per heavy atom. The van der Waals surface area contributed by atoms with Gasteiger partial charge in [0.05, 0.1) is 36.6 Å². The number of pyridine rings is 1. The molecule has 0 saturated carbocycles. The molecule has 4 aromatic rings. The number of benzene rings is 2. The van der Waals surface area contributed by atoms with Crippen LogP contribution >= 0.6 is 0 Å². The maximum absolute atomic E-state index is 12.0. The lowest BCUT2D eigenvalue weighted by Crippen LogP contribution is -2.01. The van der Waals surface area contributed by atoms with Gasteiger partial charge in [0.2, 0.25) is 0 Å². The van der Waals surface area contributed by atoms with E-state index in [0.29, 0.717) is 39.5 Å². The monoisotopic (exact) mass is 375 g/mol. The zero-order valence-corrected chi connectivity index (χ0v) is 15.3. The molecule has 2 aromatic heterocycles. The normalized spacial score (nSPS) is 10.8. The molecule has 28 heavy (non-hydrogen) atoms. The van der Waals surface area contributed by atoms with Gasteiger partial charge in [0.1, 0.15) is 0 Å². The van der Waals surface area contributed by atoms with Gasteiger partial charge in [-0.1, -0.05) is 36.4 Å². The van der Waals surface area contributed by atoms with Gasteiger partial charge >= 0.3 is 5.97 Å². The maximum Gasteiger partial charge on any atom is 0.336 e. The second-order valence-electron chi connectivity index (χ2n) is 6.06. The van der Waals surface area contributed by atoms with E-state index in [1.807, 2.05) is 30.3 Å². The van der Waals surface area contributed by atoms with Crippen molar-refractivity contribution in [1.29, 1.82) is 0 Å². The Hall–Kier alpha value is -3.87. The summed E-state index contributed by atoms with van der Waals surface area (Å²) in [6, 6.07) is 16.3. The van der Waals surface area contributed by atoms with Gasteiger partial charge in [-0.05, 0) is 18.2 Å². The van der Waals surface area contributed by atoms with Gasteiger partial charge in [0, 0.05) is 11.1 Å². The third-order valence-corrected chi connectivity index (χ3v) is 4.50. The second kappa shape index (κ2) is 7.03. The van der Waals surface area contributed by atoms with E-state index in [2.05, 4.69) is 15.2 Å². The lowest BCUT2D eigenvalue weighted by molar-refractivity contribution is 0.0699. The molecule has 0 aliphatic rings. The molecule has 0 atom stereocenters. The van der Waals surface area contributed by atoms with E-state index in [4.69, 9.17) is 9.47 Å². The average Bonchev–Trinajstić information content (AvgIpc) is 3.16. The standard InChI is InChI=1S/C21H17N3O4/c1-27-16-10-6-9-13(19(16)28-2)15-11-14(21(25)26)17-18(23-24-20(17)22-15)12-7-4-3-5-8-12/h3-11H,1-2H3,(H,25,26)(H,22,23,24). The van der Waals surface area contributed by atoms with Crippen molar-refractivity contribution in [3.63, 3.8) is 0 Å². The van der Waals surface area contributed by atoms with Crippen molar-refractivity contribution in [2.45, 2.75) is 0 Å². The van der Waals surface area contributed by atoms with Gasteiger partial charge in [-0.3, -0.25) is 5.10 Å². The third kappa shape index (κ3) is 2.83. The van der Waals surface area contributed by atoms with Crippen LogP contribution in [0.2, 0.25) is 0 Å². The number of carboxylic acids is 1. The molecule has 4 rings (SSSR count). The predicted molar refractivity (Wildman–Crippen MR) is 105 cm³/mol. The molecule has 0 aliphatic carbocycles. The second-order valence-corrected chi connectivity index (χ2v) is 6.06. The SMILES string of the molecule is COc1cccc(-c2cc(C(=O)O)c3c(-c4ccccc4)[nH]nc3n2)c1OC. The Morgan fingerprint density at radius 3 is 2.50 bits per heavy atom. The van der Waals surface area contributed by atoms with Gasteiger partial charge in [-0.2, -0.15) is 5.10 Å². The smallest absolute Gasteiger partial charge is 0.336 e. The van der Waals surface area contributed by atoms with Crippen LogP contribution in [-0.2, 0) is 0 Å². The van der Waals surface area contributed by atoms with Crippen LogP contribution in [-0.4, -0.2) is 40.5 Å². The maximum atomic E-state index is 12.0. The van der Waals surface area contributed by atoms with Gasteiger partial charge in [0.15, 0.2) is 17.1 Å². The van der Waals surface area contributed by atoms with Crippen molar-refractivity contribution in [3.8, 4) is 34.0 Å². The molecule has 0 radical (unpaired) electrons. The summed E-state index contributed by atoms with van der Waals surface area (Å²) in [6.45, 7) is 0. The number of nitrogens with zero attached hydrogens (tertiary/aromatic N) is 2. The lowest BCUT2D eigenvalue weighted by atomic mass is 10.0. The fourth-order valence-electron chi connectivity index (χ4n) is 3.23. The van der Waals surface area contributed by atoms with Crippen LogP contribution in [0.1, 0.15) is 10.4 Å². The molecule has 2 aromatic carbocycles. The van der Waals surface area contributed by atoms with E-state index in [1.54, 1.807) is 25.3 Å². The highest BCUT2D eigenvalue weighted by atomic mass is 16.5. The molecule has 2 N–H and O–H groups in total. The number of aromatic nitrogens is 3. The van der Waals surface area contributed by atoms with Crippen molar-refractivity contribution in [2.24, 2.45) is 0 Å². The Balaban J connectivity index is 1.99. The summed E-state index contributed by atoms with van der Waals surface area (Å²) in [5.74, 6) is -0.0492. The lowest BCUT2D eigenvalue weighted by Gasteiger charge is -2.12. The molecule has 7 nitrogen and oxygen atoms in total. The quantitative estimate of drug-likeness (QED) is 0.547. The number of para-hydroxylation sites is 1. The van der Waals surface area contributed by atoms with Crippen LogP contribution in [0.5, 0.6) is 11.5 Å². The fraction of sp³-hybridized carbons (Fsp3) is 0.0952. The number of rotatable bonds is 5. The molecule has 140 valence electrons. The Kier molecular flexibility index (Phi) is 4.41. The minimum Gasteiger partial charge on any atom is -0.493 e. The van der Waals surface area contributed by atoms with E-state index in [-0.39, 0.29) is 5.56 Å². The van der Waals surface area contributed by atoms with Gasteiger partial charge in [-0.15, -0.1) is 0 Å². The minimum atomic E-state index is -1.06. The van der Waals surface area contributed by atoms with Crippen molar-refractivity contribution in [2.75, 3.05) is 14.2 Å². The molecule has 0 unspecified atom stereocenters. The van der Waals surface area contributed by atoms with Gasteiger partial charge in [0.25, 0.3) is 0 Å². The van der Waals surface area contributed by atoms with E-state index >= 15 is 0 Å². The third-order valence-electron chi connectivity index (χ3n) is 4.50. The average molecular weight is 375 g/mol. The number of carboxylic acid groups (broad SMARTS) is 1. The van der Waals surface area contributed by atoms with Crippen LogP contribution in [0.25, 0.3) is 33.5 Å². The summed E-state index contributed by atoms with van der Waals surface area (Å²) < 4.78 is 10.8. The molecular formula is C21H17N3O4. The van der Waals surface area contributed by atoms with Crippen LogP contribution in [0.4, 0.5) is 0 Å². The first-order valence-corrected chi connectivity index (χ1v) is 8.53. The first-order chi connectivity index (χ1) is 13.6. The van der Waals surface area contributed by atoms with Crippen LogP contribution in [0.15, 0.2) is 54.6 Å². The van der Waals surface area contributed by atoms with Crippen molar-refractivity contribution in [3.05, 3.63) is 60.2 Å². The Morgan fingerprint density at radius 1 is 1.04 bits per heavy atom.